The minimum Gasteiger partial charge on any atom is -0.480 e. The molecule has 4 rings (SSSR count). The molecule has 0 aromatic heterocycles. The Bertz CT molecular complexity index is 629. The van der Waals surface area contributed by atoms with Crippen LogP contribution >= 0.6 is 0 Å². The van der Waals surface area contributed by atoms with E-state index in [9.17, 15) is 14.7 Å². The van der Waals surface area contributed by atoms with Gasteiger partial charge in [-0.3, -0.25) is 4.79 Å². The number of nitrogens with zero attached hydrogens (tertiary/aromatic N) is 1. The molecular formula is C17H19NO4. The predicted octanol–water partition coefficient (Wildman–Crippen LogP) is 1.59. The molecule has 5 heteroatoms. The lowest BCUT2D eigenvalue weighted by Crippen LogP contribution is -2.51. The van der Waals surface area contributed by atoms with Crippen molar-refractivity contribution in [2.24, 2.45) is 5.92 Å². The van der Waals surface area contributed by atoms with Crippen LogP contribution in [-0.4, -0.2) is 40.1 Å². The topological polar surface area (TPSA) is 66.8 Å². The van der Waals surface area contributed by atoms with Crippen molar-refractivity contribution >= 4 is 11.9 Å². The summed E-state index contributed by atoms with van der Waals surface area (Å²) >= 11 is 0. The lowest BCUT2D eigenvalue weighted by Gasteiger charge is -2.37. The number of carboxylic acid groups (broad SMARTS) is 1. The molecule has 1 amide bonds. The first-order chi connectivity index (χ1) is 10.6. The molecule has 0 radical (unpaired) electrons. The van der Waals surface area contributed by atoms with Crippen LogP contribution in [0, 0.1) is 5.92 Å². The quantitative estimate of drug-likeness (QED) is 0.901. The summed E-state index contributed by atoms with van der Waals surface area (Å²) in [5, 5.41) is 9.53. The molecule has 2 fully saturated rings. The Morgan fingerprint density at radius 2 is 1.95 bits per heavy atom. The van der Waals surface area contributed by atoms with Gasteiger partial charge >= 0.3 is 5.97 Å². The molecule has 0 spiro atoms. The maximum Gasteiger partial charge on any atom is 0.326 e. The number of hydrogen-bond donors (Lipinski definition) is 1. The van der Waals surface area contributed by atoms with Gasteiger partial charge in [-0.25, -0.2) is 4.79 Å². The van der Waals surface area contributed by atoms with Crippen LogP contribution in [0.5, 0.6) is 0 Å². The number of hydrogen-bond acceptors (Lipinski definition) is 3. The van der Waals surface area contributed by atoms with Gasteiger partial charge in [0.15, 0.2) is 0 Å². The molecule has 5 nitrogen and oxygen atoms in total. The molecule has 4 atom stereocenters. The van der Waals surface area contributed by atoms with E-state index in [1.54, 1.807) is 4.90 Å². The van der Waals surface area contributed by atoms with Crippen molar-refractivity contribution in [1.82, 2.24) is 4.90 Å². The summed E-state index contributed by atoms with van der Waals surface area (Å²) in [4.78, 5) is 26.1. The first kappa shape index (κ1) is 13.8. The highest BCUT2D eigenvalue weighted by Crippen LogP contribution is 2.40. The molecule has 0 saturated carbocycles. The van der Waals surface area contributed by atoms with Gasteiger partial charge in [0.25, 0.3) is 0 Å². The van der Waals surface area contributed by atoms with E-state index >= 15 is 0 Å². The van der Waals surface area contributed by atoms with E-state index in [4.69, 9.17) is 4.74 Å². The number of fused-ring (bicyclic) bond motifs is 3. The van der Waals surface area contributed by atoms with E-state index in [1.165, 1.54) is 0 Å². The number of amides is 1. The van der Waals surface area contributed by atoms with E-state index < -0.39 is 12.0 Å². The maximum atomic E-state index is 12.9. The SMILES string of the molecule is O=C(O)C1Cc2ccccc2CN1C(=O)C1CC2CCC1O2. The molecule has 1 N–H and O–H groups in total. The van der Waals surface area contributed by atoms with Crippen molar-refractivity contribution in [2.75, 3.05) is 0 Å². The molecule has 2 saturated heterocycles. The lowest BCUT2D eigenvalue weighted by atomic mass is 9.86. The minimum atomic E-state index is -0.924. The van der Waals surface area contributed by atoms with Crippen molar-refractivity contribution in [1.29, 1.82) is 0 Å². The minimum absolute atomic E-state index is 0.0101. The number of ether oxygens (including phenoxy) is 1. The van der Waals surface area contributed by atoms with Gasteiger partial charge < -0.3 is 14.7 Å². The van der Waals surface area contributed by atoms with Gasteiger partial charge in [-0.1, -0.05) is 24.3 Å². The van der Waals surface area contributed by atoms with E-state index in [0.717, 1.165) is 30.4 Å². The van der Waals surface area contributed by atoms with Crippen molar-refractivity contribution in [3.8, 4) is 0 Å². The Morgan fingerprint density at radius 1 is 1.18 bits per heavy atom. The predicted molar refractivity (Wildman–Crippen MR) is 78.1 cm³/mol. The Morgan fingerprint density at radius 3 is 2.59 bits per heavy atom. The fourth-order valence-corrected chi connectivity index (χ4v) is 4.09. The summed E-state index contributed by atoms with van der Waals surface area (Å²) in [6, 6.07) is 7.02. The zero-order valence-electron chi connectivity index (χ0n) is 12.3. The summed E-state index contributed by atoms with van der Waals surface area (Å²) in [6.45, 7) is 0.389. The molecule has 0 aliphatic carbocycles. The first-order valence-corrected chi connectivity index (χ1v) is 7.89. The third-order valence-corrected chi connectivity index (χ3v) is 5.24. The summed E-state index contributed by atoms with van der Waals surface area (Å²) < 4.78 is 5.77. The van der Waals surface area contributed by atoms with Crippen LogP contribution in [0.1, 0.15) is 30.4 Å². The Balaban J connectivity index is 1.61. The first-order valence-electron chi connectivity index (χ1n) is 7.89. The standard InChI is InChI=1S/C17H19NO4/c19-16(13-8-12-5-6-15(13)22-12)18-9-11-4-2-1-3-10(11)7-14(18)17(20)21/h1-4,12-15H,5-9H2,(H,20,21). The van der Waals surface area contributed by atoms with Crippen LogP contribution < -0.4 is 0 Å². The number of aliphatic carboxylic acids is 1. The van der Waals surface area contributed by atoms with Gasteiger partial charge in [0.1, 0.15) is 6.04 Å². The monoisotopic (exact) mass is 301 g/mol. The van der Waals surface area contributed by atoms with Gasteiger partial charge in [0.05, 0.1) is 18.1 Å². The molecule has 116 valence electrons. The Labute approximate surface area is 128 Å². The van der Waals surface area contributed by atoms with E-state index in [-0.39, 0.29) is 24.0 Å². The Kier molecular flexibility index (Phi) is 3.18. The molecule has 3 heterocycles. The molecule has 3 aliphatic rings. The third-order valence-electron chi connectivity index (χ3n) is 5.24. The number of carbonyl (C=O) groups is 2. The molecular weight excluding hydrogens is 282 g/mol. The van der Waals surface area contributed by atoms with Crippen LogP contribution in [-0.2, 0) is 27.3 Å². The molecule has 1 aromatic rings. The number of carbonyl (C=O) groups excluding carboxylic acids is 1. The maximum absolute atomic E-state index is 12.9. The van der Waals surface area contributed by atoms with Crippen molar-refractivity contribution < 1.29 is 19.4 Å². The fourth-order valence-electron chi connectivity index (χ4n) is 4.09. The fraction of sp³-hybridized carbons (Fsp3) is 0.529. The summed E-state index contributed by atoms with van der Waals surface area (Å²) in [5.74, 6) is -1.13. The number of benzene rings is 1. The van der Waals surface area contributed by atoms with Crippen LogP contribution in [0.15, 0.2) is 24.3 Å². The van der Waals surface area contributed by atoms with Crippen LogP contribution in [0.4, 0.5) is 0 Å². The third kappa shape index (κ3) is 2.11. The zero-order valence-corrected chi connectivity index (χ0v) is 12.3. The van der Waals surface area contributed by atoms with Gasteiger partial charge in [-0.05, 0) is 30.4 Å². The van der Waals surface area contributed by atoms with Gasteiger partial charge in [-0.2, -0.15) is 0 Å². The lowest BCUT2D eigenvalue weighted by molar-refractivity contribution is -0.154. The second kappa shape index (κ2) is 5.09. The van der Waals surface area contributed by atoms with Gasteiger partial charge in [0, 0.05) is 13.0 Å². The van der Waals surface area contributed by atoms with Crippen molar-refractivity contribution in [3.05, 3.63) is 35.4 Å². The van der Waals surface area contributed by atoms with Crippen molar-refractivity contribution in [3.63, 3.8) is 0 Å². The zero-order chi connectivity index (χ0) is 15.3. The van der Waals surface area contributed by atoms with Gasteiger partial charge in [-0.15, -0.1) is 0 Å². The summed E-state index contributed by atoms with van der Waals surface area (Å²) in [5.41, 5.74) is 2.08. The molecule has 2 bridgehead atoms. The molecule has 22 heavy (non-hydrogen) atoms. The molecule has 3 aliphatic heterocycles. The second-order valence-electron chi connectivity index (χ2n) is 6.51. The highest BCUT2D eigenvalue weighted by molar-refractivity contribution is 5.86. The van der Waals surface area contributed by atoms with Gasteiger partial charge in [0.2, 0.25) is 5.91 Å². The average molecular weight is 301 g/mol. The van der Waals surface area contributed by atoms with E-state index in [2.05, 4.69) is 0 Å². The average Bonchev–Trinajstić information content (AvgIpc) is 3.15. The Hall–Kier alpha value is -1.88. The molecule has 4 unspecified atom stereocenters. The van der Waals surface area contributed by atoms with E-state index in [1.807, 2.05) is 24.3 Å². The normalized spacial score (nSPS) is 32.8. The van der Waals surface area contributed by atoms with Crippen molar-refractivity contribution in [2.45, 2.75) is 50.5 Å². The van der Waals surface area contributed by atoms with Crippen LogP contribution in [0.2, 0.25) is 0 Å². The smallest absolute Gasteiger partial charge is 0.326 e. The number of rotatable bonds is 2. The van der Waals surface area contributed by atoms with E-state index in [0.29, 0.717) is 13.0 Å². The van der Waals surface area contributed by atoms with Crippen LogP contribution in [0.3, 0.4) is 0 Å². The van der Waals surface area contributed by atoms with Crippen LogP contribution in [0.25, 0.3) is 0 Å². The summed E-state index contributed by atoms with van der Waals surface area (Å²) in [7, 11) is 0. The highest BCUT2D eigenvalue weighted by atomic mass is 16.5. The largest absolute Gasteiger partial charge is 0.480 e. The molecule has 1 aromatic carbocycles. The summed E-state index contributed by atoms with van der Waals surface area (Å²) in [6.07, 6.45) is 3.26. The highest BCUT2D eigenvalue weighted by Gasteiger charge is 2.48. The number of carboxylic acids is 1. The second-order valence-corrected chi connectivity index (χ2v) is 6.51.